The van der Waals surface area contributed by atoms with Crippen LogP contribution in [0.3, 0.4) is 0 Å². The molecule has 3 aromatic heterocycles. The van der Waals surface area contributed by atoms with Gasteiger partial charge in [0.1, 0.15) is 23.0 Å². The number of carbonyl (C=O) groups is 1. The predicted molar refractivity (Wildman–Crippen MR) is 72.3 cm³/mol. The third-order valence-electron chi connectivity index (χ3n) is 2.98. The van der Waals surface area contributed by atoms with Crippen molar-refractivity contribution in [3.63, 3.8) is 0 Å². The molecule has 9 heteroatoms. The van der Waals surface area contributed by atoms with Crippen LogP contribution in [0.15, 0.2) is 42.9 Å². The lowest BCUT2D eigenvalue weighted by Gasteiger charge is -2.07. The average molecular weight is 324 g/mol. The number of aromatic nitrogens is 3. The number of carbonyl (C=O) groups excluding carboxylic acids is 1. The van der Waals surface area contributed by atoms with Gasteiger partial charge in [-0.15, -0.1) is 0 Å². The average Bonchev–Trinajstić information content (AvgIpc) is 2.90. The number of hydrogen-bond donors (Lipinski definition) is 1. The van der Waals surface area contributed by atoms with Gasteiger partial charge in [-0.05, 0) is 24.3 Å². The maximum Gasteiger partial charge on any atom is 0.417 e. The molecule has 0 aliphatic rings. The maximum atomic E-state index is 13.1. The SMILES string of the molecule is O=C(Nc1ccc(C(F)(F)F)cn1)c1cn2cc(F)ccc2n1. The van der Waals surface area contributed by atoms with Gasteiger partial charge in [-0.25, -0.2) is 14.4 Å². The number of halogens is 4. The van der Waals surface area contributed by atoms with Crippen molar-refractivity contribution in [1.29, 1.82) is 0 Å². The second-order valence-electron chi connectivity index (χ2n) is 4.62. The summed E-state index contributed by atoms with van der Waals surface area (Å²) in [6.07, 6.45) is -1.43. The Morgan fingerprint density at radius 3 is 2.57 bits per heavy atom. The molecule has 5 nitrogen and oxygen atoms in total. The highest BCUT2D eigenvalue weighted by molar-refractivity contribution is 6.02. The molecule has 1 N–H and O–H groups in total. The van der Waals surface area contributed by atoms with E-state index in [1.807, 2.05) is 0 Å². The van der Waals surface area contributed by atoms with E-state index >= 15 is 0 Å². The number of amides is 1. The molecular weight excluding hydrogens is 316 g/mol. The Hall–Kier alpha value is -2.97. The summed E-state index contributed by atoms with van der Waals surface area (Å²) in [5, 5.41) is 2.33. The van der Waals surface area contributed by atoms with Gasteiger partial charge in [-0.2, -0.15) is 13.2 Å². The summed E-state index contributed by atoms with van der Waals surface area (Å²) in [7, 11) is 0. The molecule has 0 aliphatic carbocycles. The number of alkyl halides is 3. The van der Waals surface area contributed by atoms with E-state index in [1.165, 1.54) is 22.7 Å². The first-order chi connectivity index (χ1) is 10.8. The van der Waals surface area contributed by atoms with E-state index in [2.05, 4.69) is 15.3 Å². The van der Waals surface area contributed by atoms with Gasteiger partial charge in [0, 0.05) is 18.6 Å². The summed E-state index contributed by atoms with van der Waals surface area (Å²) in [4.78, 5) is 19.5. The standard InChI is InChI=1S/C14H8F4N4O/c15-9-2-4-12-20-10(7-22(12)6-9)13(23)21-11-3-1-8(5-19-11)14(16,17)18/h1-7H,(H,19,21,23). The largest absolute Gasteiger partial charge is 0.417 e. The highest BCUT2D eigenvalue weighted by Gasteiger charge is 2.30. The fourth-order valence-corrected chi connectivity index (χ4v) is 1.89. The first kappa shape index (κ1) is 14.9. The number of hydrogen-bond acceptors (Lipinski definition) is 3. The minimum Gasteiger partial charge on any atom is -0.305 e. The summed E-state index contributed by atoms with van der Waals surface area (Å²) < 4.78 is 51.7. The molecule has 0 aromatic carbocycles. The Bertz CT molecular complexity index is 871. The molecule has 0 atom stereocenters. The summed E-state index contributed by atoms with van der Waals surface area (Å²) in [5.41, 5.74) is -0.576. The van der Waals surface area contributed by atoms with Crippen molar-refractivity contribution in [2.75, 3.05) is 5.32 Å². The molecule has 23 heavy (non-hydrogen) atoms. The van der Waals surface area contributed by atoms with Crippen LogP contribution in [0.1, 0.15) is 16.1 Å². The maximum absolute atomic E-state index is 13.1. The summed E-state index contributed by atoms with van der Waals surface area (Å²) in [5.74, 6) is -1.21. The number of fused-ring (bicyclic) bond motifs is 1. The van der Waals surface area contributed by atoms with E-state index in [0.717, 1.165) is 18.3 Å². The Kier molecular flexibility index (Phi) is 3.47. The number of pyridine rings is 2. The Labute approximate surface area is 126 Å². The van der Waals surface area contributed by atoms with Crippen molar-refractivity contribution in [3.05, 3.63) is 59.9 Å². The fraction of sp³-hybridized carbons (Fsp3) is 0.0714. The van der Waals surface area contributed by atoms with Crippen LogP contribution in [0.2, 0.25) is 0 Å². The fourth-order valence-electron chi connectivity index (χ4n) is 1.89. The molecule has 0 fully saturated rings. The molecule has 0 saturated carbocycles. The first-order valence-electron chi connectivity index (χ1n) is 6.32. The Morgan fingerprint density at radius 1 is 1.13 bits per heavy atom. The van der Waals surface area contributed by atoms with E-state index in [0.29, 0.717) is 11.8 Å². The van der Waals surface area contributed by atoms with Crippen LogP contribution in [0.25, 0.3) is 5.65 Å². The minimum absolute atomic E-state index is 0.0164. The van der Waals surface area contributed by atoms with Crippen molar-refractivity contribution in [2.24, 2.45) is 0 Å². The lowest BCUT2D eigenvalue weighted by atomic mass is 10.3. The second-order valence-corrected chi connectivity index (χ2v) is 4.62. The normalized spacial score (nSPS) is 11.7. The number of imidazole rings is 1. The van der Waals surface area contributed by atoms with Crippen LogP contribution < -0.4 is 5.32 Å². The predicted octanol–water partition coefficient (Wildman–Crippen LogP) is 3.14. The zero-order valence-corrected chi connectivity index (χ0v) is 11.3. The lowest BCUT2D eigenvalue weighted by Crippen LogP contribution is -2.14. The van der Waals surface area contributed by atoms with Gasteiger partial charge >= 0.3 is 6.18 Å². The number of nitrogens with one attached hydrogen (secondary N) is 1. The topological polar surface area (TPSA) is 59.3 Å². The van der Waals surface area contributed by atoms with Gasteiger partial charge in [-0.3, -0.25) is 4.79 Å². The van der Waals surface area contributed by atoms with Crippen LogP contribution in [0.5, 0.6) is 0 Å². The van der Waals surface area contributed by atoms with Crippen molar-refractivity contribution in [2.45, 2.75) is 6.18 Å². The number of anilines is 1. The molecule has 118 valence electrons. The van der Waals surface area contributed by atoms with Gasteiger partial charge in [-0.1, -0.05) is 0 Å². The summed E-state index contributed by atoms with van der Waals surface area (Å²) in [6.45, 7) is 0. The lowest BCUT2D eigenvalue weighted by molar-refractivity contribution is -0.137. The Balaban J connectivity index is 1.80. The van der Waals surface area contributed by atoms with Crippen molar-refractivity contribution >= 4 is 17.4 Å². The molecule has 0 saturated heterocycles. The van der Waals surface area contributed by atoms with E-state index in [4.69, 9.17) is 0 Å². The quantitative estimate of drug-likeness (QED) is 0.737. The summed E-state index contributed by atoms with van der Waals surface area (Å²) >= 11 is 0. The van der Waals surface area contributed by atoms with Crippen LogP contribution in [-0.2, 0) is 6.18 Å². The molecule has 0 radical (unpaired) electrons. The van der Waals surface area contributed by atoms with E-state index in [-0.39, 0.29) is 11.5 Å². The minimum atomic E-state index is -4.50. The molecule has 0 aliphatic heterocycles. The smallest absolute Gasteiger partial charge is 0.305 e. The molecular formula is C14H8F4N4O. The van der Waals surface area contributed by atoms with E-state index < -0.39 is 23.5 Å². The van der Waals surface area contributed by atoms with Crippen molar-refractivity contribution in [1.82, 2.24) is 14.4 Å². The number of rotatable bonds is 2. The van der Waals surface area contributed by atoms with Crippen LogP contribution in [0.4, 0.5) is 23.4 Å². The van der Waals surface area contributed by atoms with Crippen molar-refractivity contribution < 1.29 is 22.4 Å². The first-order valence-corrected chi connectivity index (χ1v) is 6.32. The Morgan fingerprint density at radius 2 is 1.91 bits per heavy atom. The van der Waals surface area contributed by atoms with Crippen LogP contribution in [-0.4, -0.2) is 20.3 Å². The molecule has 0 spiro atoms. The van der Waals surface area contributed by atoms with Gasteiger partial charge < -0.3 is 9.72 Å². The van der Waals surface area contributed by atoms with Crippen LogP contribution in [0, 0.1) is 5.82 Å². The zero-order chi connectivity index (χ0) is 16.6. The third-order valence-corrected chi connectivity index (χ3v) is 2.98. The zero-order valence-electron chi connectivity index (χ0n) is 11.3. The second kappa shape index (κ2) is 5.34. The highest BCUT2D eigenvalue weighted by Crippen LogP contribution is 2.28. The molecule has 0 unspecified atom stereocenters. The van der Waals surface area contributed by atoms with Gasteiger partial charge in [0.2, 0.25) is 0 Å². The number of nitrogens with zero attached hydrogens (tertiary/aromatic N) is 3. The molecule has 0 bridgehead atoms. The van der Waals surface area contributed by atoms with Crippen molar-refractivity contribution in [3.8, 4) is 0 Å². The molecule has 3 heterocycles. The van der Waals surface area contributed by atoms with Gasteiger partial charge in [0.25, 0.3) is 5.91 Å². The van der Waals surface area contributed by atoms with Gasteiger partial charge in [0.15, 0.2) is 0 Å². The van der Waals surface area contributed by atoms with E-state index in [9.17, 15) is 22.4 Å². The molecule has 3 aromatic rings. The highest BCUT2D eigenvalue weighted by atomic mass is 19.4. The third kappa shape index (κ3) is 3.12. The monoisotopic (exact) mass is 324 g/mol. The van der Waals surface area contributed by atoms with E-state index in [1.54, 1.807) is 0 Å². The van der Waals surface area contributed by atoms with Crippen LogP contribution >= 0.6 is 0 Å². The van der Waals surface area contributed by atoms with Gasteiger partial charge in [0.05, 0.1) is 5.56 Å². The molecule has 1 amide bonds. The molecule has 3 rings (SSSR count). The summed E-state index contributed by atoms with van der Waals surface area (Å²) in [6, 6.07) is 4.43.